The first-order valence-corrected chi connectivity index (χ1v) is 4.80. The lowest BCUT2D eigenvalue weighted by Crippen LogP contribution is -2.35. The second kappa shape index (κ2) is 4.46. The smallest absolute Gasteiger partial charge is 0.0233 e. The van der Waals surface area contributed by atoms with Gasteiger partial charge in [0.1, 0.15) is 0 Å². The molecule has 1 rings (SSSR count). The standard InChI is InChI=1S/C11H19N/c1-4-6-11-7-5-8-12(9-11)10(2)3/h4,6-7,10H,5,8-9H2,1-3H3/b6-4-. The molecule has 1 aliphatic heterocycles. The van der Waals surface area contributed by atoms with Gasteiger partial charge in [0.2, 0.25) is 0 Å². The Kier molecular flexibility index (Phi) is 3.54. The molecule has 1 nitrogen and oxygen atoms in total. The second-order valence-corrected chi connectivity index (χ2v) is 3.63. The van der Waals surface area contributed by atoms with Crippen molar-refractivity contribution in [1.29, 1.82) is 0 Å². The van der Waals surface area contributed by atoms with Gasteiger partial charge in [-0.15, -0.1) is 0 Å². The Bertz CT molecular complexity index is 189. The molecule has 0 saturated carbocycles. The molecule has 0 saturated heterocycles. The third-order valence-electron chi connectivity index (χ3n) is 2.32. The summed E-state index contributed by atoms with van der Waals surface area (Å²) in [6.45, 7) is 8.95. The van der Waals surface area contributed by atoms with E-state index in [1.54, 1.807) is 0 Å². The minimum absolute atomic E-state index is 0.680. The lowest BCUT2D eigenvalue weighted by atomic mass is 10.1. The quantitative estimate of drug-likeness (QED) is 0.608. The van der Waals surface area contributed by atoms with Crippen LogP contribution < -0.4 is 0 Å². The maximum Gasteiger partial charge on any atom is 0.0233 e. The van der Waals surface area contributed by atoms with Gasteiger partial charge in [-0.1, -0.05) is 18.2 Å². The Morgan fingerprint density at radius 1 is 1.50 bits per heavy atom. The Labute approximate surface area is 75.8 Å². The van der Waals surface area contributed by atoms with E-state index in [9.17, 15) is 0 Å². The minimum Gasteiger partial charge on any atom is -0.296 e. The first kappa shape index (κ1) is 9.53. The number of hydrogen-bond donors (Lipinski definition) is 0. The average molecular weight is 165 g/mol. The minimum atomic E-state index is 0.680. The number of rotatable bonds is 2. The molecule has 68 valence electrons. The van der Waals surface area contributed by atoms with Gasteiger partial charge in [0, 0.05) is 19.1 Å². The summed E-state index contributed by atoms with van der Waals surface area (Å²) >= 11 is 0. The molecule has 0 unspecified atom stereocenters. The summed E-state index contributed by atoms with van der Waals surface area (Å²) in [4.78, 5) is 2.51. The van der Waals surface area contributed by atoms with E-state index in [0.717, 1.165) is 6.54 Å². The van der Waals surface area contributed by atoms with Crippen LogP contribution >= 0.6 is 0 Å². The fourth-order valence-electron chi connectivity index (χ4n) is 1.57. The highest BCUT2D eigenvalue weighted by molar-refractivity contribution is 5.21. The van der Waals surface area contributed by atoms with E-state index in [4.69, 9.17) is 0 Å². The monoisotopic (exact) mass is 165 g/mol. The van der Waals surface area contributed by atoms with Crippen LogP contribution in [0.5, 0.6) is 0 Å². The molecule has 12 heavy (non-hydrogen) atoms. The highest BCUT2D eigenvalue weighted by Crippen LogP contribution is 2.12. The maximum absolute atomic E-state index is 2.51. The van der Waals surface area contributed by atoms with E-state index in [2.05, 4.69) is 43.9 Å². The summed E-state index contributed by atoms with van der Waals surface area (Å²) in [6, 6.07) is 0.680. The molecule has 0 aromatic carbocycles. The van der Waals surface area contributed by atoms with E-state index in [-0.39, 0.29) is 0 Å². The highest BCUT2D eigenvalue weighted by Gasteiger charge is 2.12. The highest BCUT2D eigenvalue weighted by atomic mass is 15.1. The third-order valence-corrected chi connectivity index (χ3v) is 2.32. The predicted molar refractivity (Wildman–Crippen MR) is 54.2 cm³/mol. The van der Waals surface area contributed by atoms with Gasteiger partial charge >= 0.3 is 0 Å². The molecule has 0 aromatic heterocycles. The molecule has 0 N–H and O–H groups in total. The lowest BCUT2D eigenvalue weighted by molar-refractivity contribution is 0.238. The fourth-order valence-corrected chi connectivity index (χ4v) is 1.57. The molecular formula is C11H19N. The van der Waals surface area contributed by atoms with E-state index in [1.165, 1.54) is 18.5 Å². The van der Waals surface area contributed by atoms with Gasteiger partial charge in [0.05, 0.1) is 0 Å². The molecule has 0 atom stereocenters. The first-order chi connectivity index (χ1) is 5.74. The van der Waals surface area contributed by atoms with Crippen LogP contribution in [0.15, 0.2) is 23.8 Å². The lowest BCUT2D eigenvalue weighted by Gasteiger charge is -2.29. The van der Waals surface area contributed by atoms with Crippen molar-refractivity contribution in [2.45, 2.75) is 33.2 Å². The summed E-state index contributed by atoms with van der Waals surface area (Å²) in [6.07, 6.45) is 7.89. The van der Waals surface area contributed by atoms with Crippen LogP contribution in [-0.2, 0) is 0 Å². The zero-order valence-corrected chi connectivity index (χ0v) is 8.38. The largest absolute Gasteiger partial charge is 0.296 e. The summed E-state index contributed by atoms with van der Waals surface area (Å²) < 4.78 is 0. The van der Waals surface area contributed by atoms with Crippen LogP contribution in [0.2, 0.25) is 0 Å². The van der Waals surface area contributed by atoms with Crippen LogP contribution in [0.4, 0.5) is 0 Å². The maximum atomic E-state index is 2.51. The number of allylic oxidation sites excluding steroid dienone is 1. The molecule has 1 heterocycles. The van der Waals surface area contributed by atoms with E-state index in [1.807, 2.05) is 0 Å². The molecule has 1 heteroatoms. The summed E-state index contributed by atoms with van der Waals surface area (Å²) in [5.41, 5.74) is 1.47. The molecule has 0 aromatic rings. The topological polar surface area (TPSA) is 3.24 Å². The Morgan fingerprint density at radius 2 is 2.25 bits per heavy atom. The van der Waals surface area contributed by atoms with Crippen molar-refractivity contribution in [2.75, 3.05) is 13.1 Å². The van der Waals surface area contributed by atoms with E-state index >= 15 is 0 Å². The van der Waals surface area contributed by atoms with Crippen LogP contribution in [0.1, 0.15) is 27.2 Å². The molecular weight excluding hydrogens is 146 g/mol. The number of hydrogen-bond acceptors (Lipinski definition) is 1. The summed E-state index contributed by atoms with van der Waals surface area (Å²) in [5, 5.41) is 0. The summed E-state index contributed by atoms with van der Waals surface area (Å²) in [5.74, 6) is 0. The normalized spacial score (nSPS) is 20.5. The fraction of sp³-hybridized carbons (Fsp3) is 0.636. The molecule has 0 amide bonds. The summed E-state index contributed by atoms with van der Waals surface area (Å²) in [7, 11) is 0. The molecule has 0 spiro atoms. The van der Waals surface area contributed by atoms with Crippen LogP contribution in [0.3, 0.4) is 0 Å². The van der Waals surface area contributed by atoms with Crippen molar-refractivity contribution in [3.63, 3.8) is 0 Å². The van der Waals surface area contributed by atoms with Gasteiger partial charge < -0.3 is 0 Å². The SMILES string of the molecule is C/C=C\C1=CCCN(C(C)C)C1. The number of nitrogens with zero attached hydrogens (tertiary/aromatic N) is 1. The molecule has 1 aliphatic rings. The first-order valence-electron chi connectivity index (χ1n) is 4.80. The van der Waals surface area contributed by atoms with Crippen molar-refractivity contribution in [3.8, 4) is 0 Å². The van der Waals surface area contributed by atoms with Crippen molar-refractivity contribution in [3.05, 3.63) is 23.8 Å². The molecule has 0 fully saturated rings. The molecule has 0 radical (unpaired) electrons. The zero-order chi connectivity index (χ0) is 8.97. The van der Waals surface area contributed by atoms with Gasteiger partial charge in [-0.05, 0) is 32.8 Å². The Morgan fingerprint density at radius 3 is 2.83 bits per heavy atom. The van der Waals surface area contributed by atoms with Crippen molar-refractivity contribution in [2.24, 2.45) is 0 Å². The predicted octanol–water partition coefficient (Wildman–Crippen LogP) is 2.60. The second-order valence-electron chi connectivity index (χ2n) is 3.63. The van der Waals surface area contributed by atoms with Crippen molar-refractivity contribution < 1.29 is 0 Å². The van der Waals surface area contributed by atoms with Gasteiger partial charge in [0.15, 0.2) is 0 Å². The average Bonchev–Trinajstić information content (AvgIpc) is 2.05. The zero-order valence-electron chi connectivity index (χ0n) is 8.38. The van der Waals surface area contributed by atoms with Crippen LogP contribution in [0.25, 0.3) is 0 Å². The molecule has 0 aliphatic carbocycles. The van der Waals surface area contributed by atoms with Gasteiger partial charge in [0.25, 0.3) is 0 Å². The van der Waals surface area contributed by atoms with Crippen molar-refractivity contribution in [1.82, 2.24) is 4.90 Å². The van der Waals surface area contributed by atoms with Gasteiger partial charge in [-0.2, -0.15) is 0 Å². The van der Waals surface area contributed by atoms with Gasteiger partial charge in [-0.3, -0.25) is 4.90 Å². The third kappa shape index (κ3) is 2.49. The molecule has 0 bridgehead atoms. The Hall–Kier alpha value is -0.560. The van der Waals surface area contributed by atoms with Crippen molar-refractivity contribution >= 4 is 0 Å². The van der Waals surface area contributed by atoms with Crippen LogP contribution in [-0.4, -0.2) is 24.0 Å². The Balaban J connectivity index is 2.53. The van der Waals surface area contributed by atoms with E-state index in [0.29, 0.717) is 6.04 Å². The van der Waals surface area contributed by atoms with Crippen LogP contribution in [0, 0.1) is 0 Å². The van der Waals surface area contributed by atoms with E-state index < -0.39 is 0 Å². The van der Waals surface area contributed by atoms with Gasteiger partial charge in [-0.25, -0.2) is 0 Å².